The van der Waals surface area contributed by atoms with E-state index in [-0.39, 0.29) is 11.9 Å². The van der Waals surface area contributed by atoms with Crippen molar-refractivity contribution in [2.75, 3.05) is 24.1 Å². The molecule has 1 amide bonds. The lowest BCUT2D eigenvalue weighted by molar-refractivity contribution is 0.0955. The maximum absolute atomic E-state index is 11.8. The number of nitrogens with one attached hydrogen (secondary N) is 2. The van der Waals surface area contributed by atoms with Gasteiger partial charge in [-0.1, -0.05) is 6.92 Å². The van der Waals surface area contributed by atoms with E-state index in [1.54, 1.807) is 24.5 Å². The molecule has 0 aliphatic rings. The van der Waals surface area contributed by atoms with E-state index in [1.165, 1.54) is 6.20 Å². The van der Waals surface area contributed by atoms with Gasteiger partial charge in [0.1, 0.15) is 5.82 Å². The summed E-state index contributed by atoms with van der Waals surface area (Å²) in [6, 6.07) is 3.44. The quantitative estimate of drug-likeness (QED) is 0.680. The minimum atomic E-state index is -0.150. The van der Waals surface area contributed by atoms with E-state index in [9.17, 15) is 4.79 Å². The second-order valence-corrected chi connectivity index (χ2v) is 4.38. The molecule has 21 heavy (non-hydrogen) atoms. The van der Waals surface area contributed by atoms with Crippen LogP contribution in [-0.4, -0.2) is 33.9 Å². The Morgan fingerprint density at radius 1 is 1.33 bits per heavy atom. The second kappa shape index (κ2) is 7.18. The Kier molecular flexibility index (Phi) is 5.03. The number of aromatic nitrogens is 3. The topological polar surface area (TPSA) is 106 Å². The van der Waals surface area contributed by atoms with Crippen LogP contribution >= 0.6 is 0 Å². The lowest BCUT2D eigenvalue weighted by Gasteiger charge is -2.10. The standard InChI is InChI=1S/C14H18N6O/c1-2-10-9-19-14(15)20-12(10)17-6-7-18-13(21)11-4-3-5-16-8-11/h3-5,8-9H,2,6-7H2,1H3,(H,18,21)(H3,15,17,19,20). The first-order valence-electron chi connectivity index (χ1n) is 6.74. The normalized spacial score (nSPS) is 10.1. The van der Waals surface area contributed by atoms with Crippen LogP contribution in [0.2, 0.25) is 0 Å². The Balaban J connectivity index is 1.82. The zero-order valence-electron chi connectivity index (χ0n) is 11.8. The van der Waals surface area contributed by atoms with Crippen LogP contribution < -0.4 is 16.4 Å². The zero-order valence-corrected chi connectivity index (χ0v) is 11.8. The molecule has 0 saturated carbocycles. The summed E-state index contributed by atoms with van der Waals surface area (Å²) in [5.41, 5.74) is 7.10. The smallest absolute Gasteiger partial charge is 0.252 e. The Morgan fingerprint density at radius 2 is 2.19 bits per heavy atom. The average Bonchev–Trinajstić information content (AvgIpc) is 2.52. The number of nitrogens with zero attached hydrogens (tertiary/aromatic N) is 3. The minimum Gasteiger partial charge on any atom is -0.368 e. The number of pyridine rings is 1. The number of nitrogens with two attached hydrogens (primary N) is 1. The lowest BCUT2D eigenvalue weighted by atomic mass is 10.2. The summed E-state index contributed by atoms with van der Waals surface area (Å²) in [5, 5.41) is 5.96. The Hall–Kier alpha value is -2.70. The molecule has 0 fully saturated rings. The monoisotopic (exact) mass is 286 g/mol. The van der Waals surface area contributed by atoms with E-state index in [0.29, 0.717) is 24.5 Å². The minimum absolute atomic E-state index is 0.150. The second-order valence-electron chi connectivity index (χ2n) is 4.38. The molecule has 0 radical (unpaired) electrons. The molecule has 0 saturated heterocycles. The fraction of sp³-hybridized carbons (Fsp3) is 0.286. The summed E-state index contributed by atoms with van der Waals surface area (Å²) in [5.74, 6) is 0.789. The van der Waals surface area contributed by atoms with Gasteiger partial charge in [-0.3, -0.25) is 9.78 Å². The van der Waals surface area contributed by atoms with Crippen LogP contribution in [0, 0.1) is 0 Å². The van der Waals surface area contributed by atoms with Crippen LogP contribution in [0.3, 0.4) is 0 Å². The molecule has 4 N–H and O–H groups in total. The number of carbonyl (C=O) groups excluding carboxylic acids is 1. The Bertz CT molecular complexity index is 602. The van der Waals surface area contributed by atoms with Gasteiger partial charge in [-0.05, 0) is 18.6 Å². The molecule has 2 aromatic rings. The molecule has 0 unspecified atom stereocenters. The van der Waals surface area contributed by atoms with Crippen LogP contribution in [-0.2, 0) is 6.42 Å². The largest absolute Gasteiger partial charge is 0.368 e. The number of carbonyl (C=O) groups is 1. The maximum atomic E-state index is 11.8. The van der Waals surface area contributed by atoms with Crippen molar-refractivity contribution in [2.24, 2.45) is 0 Å². The summed E-state index contributed by atoms with van der Waals surface area (Å²) in [6.07, 6.45) is 5.68. The predicted octanol–water partition coefficient (Wildman–Crippen LogP) is 0.858. The fourth-order valence-corrected chi connectivity index (χ4v) is 1.79. The van der Waals surface area contributed by atoms with E-state index in [1.807, 2.05) is 6.92 Å². The van der Waals surface area contributed by atoms with Crippen molar-refractivity contribution in [1.29, 1.82) is 0 Å². The lowest BCUT2D eigenvalue weighted by Crippen LogP contribution is -2.29. The summed E-state index contributed by atoms with van der Waals surface area (Å²) in [7, 11) is 0. The van der Waals surface area contributed by atoms with Crippen molar-refractivity contribution in [3.05, 3.63) is 41.9 Å². The summed E-state index contributed by atoms with van der Waals surface area (Å²) < 4.78 is 0. The predicted molar refractivity (Wildman–Crippen MR) is 80.9 cm³/mol. The van der Waals surface area contributed by atoms with Gasteiger partial charge in [-0.15, -0.1) is 0 Å². The van der Waals surface area contributed by atoms with E-state index in [4.69, 9.17) is 5.73 Å². The van der Waals surface area contributed by atoms with Crippen LogP contribution in [0.25, 0.3) is 0 Å². The van der Waals surface area contributed by atoms with Crippen LogP contribution in [0.4, 0.5) is 11.8 Å². The van der Waals surface area contributed by atoms with E-state index >= 15 is 0 Å². The molecule has 0 aliphatic carbocycles. The third-order valence-corrected chi connectivity index (χ3v) is 2.89. The van der Waals surface area contributed by atoms with E-state index in [0.717, 1.165) is 12.0 Å². The molecular weight excluding hydrogens is 268 g/mol. The van der Waals surface area contributed by atoms with E-state index < -0.39 is 0 Å². The van der Waals surface area contributed by atoms with Crippen molar-refractivity contribution >= 4 is 17.7 Å². The molecule has 110 valence electrons. The molecule has 0 atom stereocenters. The van der Waals surface area contributed by atoms with Crippen molar-refractivity contribution in [3.8, 4) is 0 Å². The molecule has 0 aliphatic heterocycles. The van der Waals surface area contributed by atoms with Gasteiger partial charge in [-0.25, -0.2) is 4.98 Å². The third kappa shape index (κ3) is 4.13. The highest BCUT2D eigenvalue weighted by Gasteiger charge is 2.05. The van der Waals surface area contributed by atoms with Crippen LogP contribution in [0.5, 0.6) is 0 Å². The van der Waals surface area contributed by atoms with Gasteiger partial charge in [0.25, 0.3) is 5.91 Å². The molecule has 2 aromatic heterocycles. The first kappa shape index (κ1) is 14.7. The maximum Gasteiger partial charge on any atom is 0.252 e. The number of nitrogen functional groups attached to an aromatic ring is 1. The summed E-state index contributed by atoms with van der Waals surface area (Å²) in [6.45, 7) is 3.04. The molecule has 0 aromatic carbocycles. The van der Waals surface area contributed by atoms with Gasteiger partial charge in [0.15, 0.2) is 0 Å². The first-order valence-corrected chi connectivity index (χ1v) is 6.74. The summed E-state index contributed by atoms with van der Waals surface area (Å²) in [4.78, 5) is 23.8. The highest BCUT2D eigenvalue weighted by molar-refractivity contribution is 5.93. The van der Waals surface area contributed by atoms with Crippen LogP contribution in [0.1, 0.15) is 22.8 Å². The Morgan fingerprint density at radius 3 is 2.90 bits per heavy atom. The van der Waals surface area contributed by atoms with Crippen molar-refractivity contribution in [1.82, 2.24) is 20.3 Å². The first-order chi connectivity index (χ1) is 10.2. The molecule has 0 spiro atoms. The number of aryl methyl sites for hydroxylation is 1. The van der Waals surface area contributed by atoms with Gasteiger partial charge in [-0.2, -0.15) is 4.98 Å². The molecule has 7 nitrogen and oxygen atoms in total. The Labute approximate surface area is 123 Å². The van der Waals surface area contributed by atoms with Gasteiger partial charge < -0.3 is 16.4 Å². The van der Waals surface area contributed by atoms with E-state index in [2.05, 4.69) is 25.6 Å². The number of hydrogen-bond donors (Lipinski definition) is 3. The van der Waals surface area contributed by atoms with Gasteiger partial charge in [0.05, 0.1) is 5.56 Å². The van der Waals surface area contributed by atoms with Crippen molar-refractivity contribution in [3.63, 3.8) is 0 Å². The molecule has 2 rings (SSSR count). The number of rotatable bonds is 6. The molecule has 7 heteroatoms. The van der Waals surface area contributed by atoms with Crippen LogP contribution in [0.15, 0.2) is 30.7 Å². The number of hydrogen-bond acceptors (Lipinski definition) is 6. The third-order valence-electron chi connectivity index (χ3n) is 2.89. The number of anilines is 2. The fourth-order valence-electron chi connectivity index (χ4n) is 1.79. The van der Waals surface area contributed by atoms with Gasteiger partial charge in [0, 0.05) is 37.2 Å². The van der Waals surface area contributed by atoms with Crippen molar-refractivity contribution in [2.45, 2.75) is 13.3 Å². The highest BCUT2D eigenvalue weighted by Crippen LogP contribution is 2.12. The average molecular weight is 286 g/mol. The zero-order chi connectivity index (χ0) is 15.1. The molecular formula is C14H18N6O. The molecule has 2 heterocycles. The van der Waals surface area contributed by atoms with Gasteiger partial charge >= 0.3 is 0 Å². The highest BCUT2D eigenvalue weighted by atomic mass is 16.1. The summed E-state index contributed by atoms with van der Waals surface area (Å²) >= 11 is 0. The van der Waals surface area contributed by atoms with Crippen molar-refractivity contribution < 1.29 is 4.79 Å². The van der Waals surface area contributed by atoms with Gasteiger partial charge in [0.2, 0.25) is 5.95 Å². The molecule has 0 bridgehead atoms. The SMILES string of the molecule is CCc1cnc(N)nc1NCCNC(=O)c1cccnc1. The number of amides is 1.